The van der Waals surface area contributed by atoms with Crippen LogP contribution in [0.2, 0.25) is 0 Å². The molecule has 0 amide bonds. The predicted molar refractivity (Wildman–Crippen MR) is 101 cm³/mol. The second-order valence-corrected chi connectivity index (χ2v) is 7.55. The number of aryl methyl sites for hydroxylation is 1. The van der Waals surface area contributed by atoms with Gasteiger partial charge in [-0.2, -0.15) is 0 Å². The van der Waals surface area contributed by atoms with Crippen molar-refractivity contribution in [2.24, 2.45) is 0 Å². The molecule has 4 nitrogen and oxygen atoms in total. The molecule has 24 heavy (non-hydrogen) atoms. The Hall–Kier alpha value is -2.11. The van der Waals surface area contributed by atoms with Gasteiger partial charge in [0, 0.05) is 30.7 Å². The van der Waals surface area contributed by atoms with Crippen molar-refractivity contribution in [2.45, 2.75) is 19.9 Å². The van der Waals surface area contributed by atoms with Gasteiger partial charge >= 0.3 is 0 Å². The molecule has 2 rings (SSSR count). The van der Waals surface area contributed by atoms with Gasteiger partial charge < -0.3 is 4.90 Å². The van der Waals surface area contributed by atoms with Crippen LogP contribution < -0.4 is 9.62 Å². The van der Waals surface area contributed by atoms with Gasteiger partial charge in [0.05, 0.1) is 0 Å². The van der Waals surface area contributed by atoms with Gasteiger partial charge in [-0.15, -0.1) is 0 Å². The largest absolute Gasteiger partial charge is 0.371 e. The van der Waals surface area contributed by atoms with Crippen molar-refractivity contribution >= 4 is 21.8 Å². The molecule has 0 heterocycles. The number of likely N-dealkylation sites (N-methyl/N-ethyl adjacent to an activating group) is 1. The Morgan fingerprint density at radius 3 is 2.33 bits per heavy atom. The van der Waals surface area contributed by atoms with Gasteiger partial charge in [-0.25, -0.2) is 13.1 Å². The first-order valence-electron chi connectivity index (χ1n) is 7.90. The van der Waals surface area contributed by atoms with Crippen LogP contribution in [0.25, 0.3) is 6.08 Å². The van der Waals surface area contributed by atoms with E-state index in [1.54, 1.807) is 6.08 Å². The molecule has 128 valence electrons. The Bertz CT molecular complexity index is 769. The number of hydrogen-bond acceptors (Lipinski definition) is 3. The molecule has 0 aliphatic heterocycles. The van der Waals surface area contributed by atoms with E-state index in [-0.39, 0.29) is 6.04 Å². The van der Waals surface area contributed by atoms with Crippen LogP contribution in [0.4, 0.5) is 5.69 Å². The molecule has 0 aromatic heterocycles. The first kappa shape index (κ1) is 18.2. The van der Waals surface area contributed by atoms with Crippen molar-refractivity contribution in [1.82, 2.24) is 4.72 Å². The van der Waals surface area contributed by atoms with Gasteiger partial charge in [-0.3, -0.25) is 0 Å². The first-order valence-corrected chi connectivity index (χ1v) is 9.44. The van der Waals surface area contributed by atoms with Crippen molar-refractivity contribution in [3.63, 3.8) is 0 Å². The highest BCUT2D eigenvalue weighted by Crippen LogP contribution is 2.13. The first-order chi connectivity index (χ1) is 11.4. The molecule has 1 atom stereocenters. The second-order valence-electron chi connectivity index (χ2n) is 5.90. The van der Waals surface area contributed by atoms with Gasteiger partial charge in [0.2, 0.25) is 10.0 Å². The van der Waals surface area contributed by atoms with Crippen molar-refractivity contribution in [2.75, 3.05) is 18.5 Å². The third kappa shape index (κ3) is 5.51. The lowest BCUT2D eigenvalue weighted by Crippen LogP contribution is -2.39. The third-order valence-corrected chi connectivity index (χ3v) is 4.98. The van der Waals surface area contributed by atoms with Crippen LogP contribution in [0.1, 0.15) is 18.1 Å². The van der Waals surface area contributed by atoms with Crippen LogP contribution in [-0.4, -0.2) is 28.1 Å². The lowest BCUT2D eigenvalue weighted by Gasteiger charge is -2.27. The van der Waals surface area contributed by atoms with E-state index in [2.05, 4.69) is 4.72 Å². The smallest absolute Gasteiger partial charge is 0.233 e. The maximum Gasteiger partial charge on any atom is 0.233 e. The van der Waals surface area contributed by atoms with Crippen molar-refractivity contribution < 1.29 is 8.42 Å². The quantitative estimate of drug-likeness (QED) is 0.837. The minimum atomic E-state index is -3.46. The van der Waals surface area contributed by atoms with E-state index in [0.717, 1.165) is 16.8 Å². The molecule has 0 aliphatic carbocycles. The second kappa shape index (κ2) is 8.13. The van der Waals surface area contributed by atoms with Gasteiger partial charge in [0.1, 0.15) is 0 Å². The summed E-state index contributed by atoms with van der Waals surface area (Å²) in [6.45, 7) is 4.32. The standard InChI is InChI=1S/C19H24N2O2S/c1-16-9-11-18(12-10-16)13-14-24(22,23)20-15-17(2)21(3)19-7-5-4-6-8-19/h4-14,17,20H,15H2,1-3H3/b14-13+. The molecule has 0 spiro atoms. The minimum absolute atomic E-state index is 0.0370. The van der Waals surface area contributed by atoms with Gasteiger partial charge in [-0.1, -0.05) is 48.0 Å². The highest BCUT2D eigenvalue weighted by atomic mass is 32.2. The molecular formula is C19H24N2O2S. The van der Waals surface area contributed by atoms with Crippen molar-refractivity contribution in [1.29, 1.82) is 0 Å². The van der Waals surface area contributed by atoms with Crippen LogP contribution in [0.3, 0.4) is 0 Å². The molecule has 0 fully saturated rings. The summed E-state index contributed by atoms with van der Waals surface area (Å²) in [5, 5.41) is 1.22. The molecule has 0 aliphatic rings. The fraction of sp³-hybridized carbons (Fsp3) is 0.263. The summed E-state index contributed by atoms with van der Waals surface area (Å²) in [5.41, 5.74) is 3.06. The molecule has 0 saturated carbocycles. The van der Waals surface area contributed by atoms with Crippen LogP contribution in [-0.2, 0) is 10.0 Å². The number of rotatable bonds is 7. The van der Waals surface area contributed by atoms with Crippen molar-refractivity contribution in [3.05, 3.63) is 71.1 Å². The molecule has 0 saturated heterocycles. The van der Waals surface area contributed by atoms with E-state index in [9.17, 15) is 8.42 Å². The number of sulfonamides is 1. The van der Waals surface area contributed by atoms with Gasteiger partial charge in [0.25, 0.3) is 0 Å². The number of para-hydroxylation sites is 1. The number of nitrogens with zero attached hydrogens (tertiary/aromatic N) is 1. The molecular weight excluding hydrogens is 320 g/mol. The lowest BCUT2D eigenvalue weighted by molar-refractivity contribution is 0.579. The summed E-state index contributed by atoms with van der Waals surface area (Å²) in [6, 6.07) is 17.6. The number of nitrogens with one attached hydrogen (secondary N) is 1. The summed E-state index contributed by atoms with van der Waals surface area (Å²) in [7, 11) is -1.50. The Morgan fingerprint density at radius 2 is 1.71 bits per heavy atom. The summed E-state index contributed by atoms with van der Waals surface area (Å²) in [6.07, 6.45) is 1.60. The maximum absolute atomic E-state index is 12.1. The Balaban J connectivity index is 1.93. The summed E-state index contributed by atoms with van der Waals surface area (Å²) >= 11 is 0. The van der Waals surface area contributed by atoms with Crippen LogP contribution in [0.5, 0.6) is 0 Å². The predicted octanol–water partition coefficient (Wildman–Crippen LogP) is 3.41. The highest BCUT2D eigenvalue weighted by molar-refractivity contribution is 7.92. The van der Waals surface area contributed by atoms with Crippen LogP contribution in [0.15, 0.2) is 60.0 Å². The summed E-state index contributed by atoms with van der Waals surface area (Å²) in [4.78, 5) is 2.05. The Morgan fingerprint density at radius 1 is 1.08 bits per heavy atom. The lowest BCUT2D eigenvalue weighted by atomic mass is 10.2. The average molecular weight is 344 g/mol. The number of benzene rings is 2. The maximum atomic E-state index is 12.1. The fourth-order valence-electron chi connectivity index (χ4n) is 2.19. The Labute approximate surface area is 144 Å². The van der Waals surface area contributed by atoms with E-state index in [1.807, 2.05) is 80.4 Å². The van der Waals surface area contributed by atoms with Crippen molar-refractivity contribution in [3.8, 4) is 0 Å². The van der Waals surface area contributed by atoms with E-state index in [0.29, 0.717) is 6.54 Å². The third-order valence-electron chi connectivity index (χ3n) is 3.92. The monoisotopic (exact) mass is 344 g/mol. The number of anilines is 1. The average Bonchev–Trinajstić information content (AvgIpc) is 2.59. The minimum Gasteiger partial charge on any atom is -0.371 e. The molecule has 2 aromatic carbocycles. The Kier molecular flexibility index (Phi) is 6.17. The van der Waals surface area contributed by atoms with E-state index < -0.39 is 10.0 Å². The molecule has 5 heteroatoms. The number of hydrogen-bond donors (Lipinski definition) is 1. The van der Waals surface area contributed by atoms with Crippen LogP contribution >= 0.6 is 0 Å². The van der Waals surface area contributed by atoms with E-state index >= 15 is 0 Å². The SMILES string of the molecule is Cc1ccc(/C=C/S(=O)(=O)NCC(C)N(C)c2ccccc2)cc1. The highest BCUT2D eigenvalue weighted by Gasteiger charge is 2.13. The topological polar surface area (TPSA) is 49.4 Å². The summed E-state index contributed by atoms with van der Waals surface area (Å²) < 4.78 is 26.9. The normalized spacial score (nSPS) is 13.1. The molecule has 2 aromatic rings. The van der Waals surface area contributed by atoms with Gasteiger partial charge in [0.15, 0.2) is 0 Å². The molecule has 1 N–H and O–H groups in total. The zero-order valence-electron chi connectivity index (χ0n) is 14.3. The zero-order chi connectivity index (χ0) is 17.6. The fourth-order valence-corrected chi connectivity index (χ4v) is 3.09. The molecule has 0 bridgehead atoms. The molecule has 0 radical (unpaired) electrons. The van der Waals surface area contributed by atoms with E-state index in [4.69, 9.17) is 0 Å². The van der Waals surface area contributed by atoms with Gasteiger partial charge in [-0.05, 0) is 37.6 Å². The summed E-state index contributed by atoms with van der Waals surface area (Å²) in [5.74, 6) is 0. The van der Waals surface area contributed by atoms with E-state index in [1.165, 1.54) is 5.41 Å². The molecule has 1 unspecified atom stereocenters. The van der Waals surface area contributed by atoms with Crippen LogP contribution in [0, 0.1) is 6.92 Å². The zero-order valence-corrected chi connectivity index (χ0v) is 15.1.